The molecule has 0 aromatic heterocycles. The first-order valence-electron chi connectivity index (χ1n) is 36.2. The van der Waals surface area contributed by atoms with E-state index in [4.69, 9.17) is 31.2 Å². The molecule has 4 aliphatic heterocycles. The molecule has 6 rings (SSSR count). The van der Waals surface area contributed by atoms with Crippen molar-refractivity contribution in [2.24, 2.45) is 0 Å². The van der Waals surface area contributed by atoms with Crippen molar-refractivity contribution < 1.29 is 153 Å². The third-order valence-corrected chi connectivity index (χ3v) is 16.8. The van der Waals surface area contributed by atoms with Crippen LogP contribution in [0.15, 0.2) is 72.5 Å². The average molecular weight is 1600 g/mol. The molecule has 0 spiro atoms. The van der Waals surface area contributed by atoms with Gasteiger partial charge in [0.1, 0.15) is 73.3 Å². The number of likely N-dealkylation sites (N-methyl/N-ethyl adjacent to an activating group) is 2. The highest BCUT2D eigenvalue weighted by atomic mass is 16.7. The second kappa shape index (κ2) is 47.7. The Morgan fingerprint density at radius 1 is 0.531 bits per heavy atom. The number of imide groups is 2. The number of aliphatic hydroxyl groups excluding tert-OH is 5. The molecule has 17 N–H and O–H groups in total. The summed E-state index contributed by atoms with van der Waals surface area (Å²) in [5, 5.41) is 96.0. The summed E-state index contributed by atoms with van der Waals surface area (Å²) in [5.41, 5.74) is 0.310. The van der Waals surface area contributed by atoms with E-state index in [0.717, 1.165) is 40.2 Å². The van der Waals surface area contributed by atoms with Gasteiger partial charge in [-0.2, -0.15) is 0 Å². The van der Waals surface area contributed by atoms with Crippen LogP contribution in [0.3, 0.4) is 0 Å². The van der Waals surface area contributed by atoms with Crippen molar-refractivity contribution in [1.82, 2.24) is 52.3 Å². The van der Waals surface area contributed by atoms with Gasteiger partial charge >= 0.3 is 11.9 Å². The molecule has 12 amide bonds. The maximum atomic E-state index is 13.4. The first kappa shape index (κ1) is 88.8. The van der Waals surface area contributed by atoms with E-state index in [1.165, 1.54) is 64.7 Å². The minimum atomic E-state index is -2.00. The largest absolute Gasteiger partial charge is 0.479 e. The topological polar surface area (TPSA) is 615 Å². The van der Waals surface area contributed by atoms with Crippen molar-refractivity contribution in [1.29, 1.82) is 0 Å². The number of rotatable bonds is 46. The van der Waals surface area contributed by atoms with E-state index in [0.29, 0.717) is 25.7 Å². The molecule has 620 valence electrons. The number of ether oxygens (including phenoxy) is 8. The Labute approximate surface area is 647 Å². The number of unbranched alkanes of at least 4 members (excludes halogenated alkanes) is 2. The molecule has 2 unspecified atom stereocenters. The van der Waals surface area contributed by atoms with Gasteiger partial charge in [-0.3, -0.25) is 76.9 Å². The number of amides is 12. The predicted molar refractivity (Wildman–Crippen MR) is 383 cm³/mol. The summed E-state index contributed by atoms with van der Waals surface area (Å²) in [6.45, 7) is -0.568. The molecule has 0 bridgehead atoms. The molecule has 2 aromatic rings. The van der Waals surface area contributed by atoms with Gasteiger partial charge in [0, 0.05) is 103 Å². The second-order valence-electron chi connectivity index (χ2n) is 25.1. The quantitative estimate of drug-likeness (QED) is 0.0167. The van der Waals surface area contributed by atoms with Gasteiger partial charge in [-0.25, -0.2) is 9.59 Å². The molecular formula is C70H94N12O31. The van der Waals surface area contributed by atoms with Crippen molar-refractivity contribution >= 4 is 107 Å². The molecule has 1 saturated heterocycles. The van der Waals surface area contributed by atoms with Crippen LogP contribution in [0.1, 0.15) is 78.1 Å². The number of carboxylic acid groups (broad SMARTS) is 2. The van der Waals surface area contributed by atoms with Crippen LogP contribution in [0.25, 0.3) is 0 Å². The maximum absolute atomic E-state index is 13.4. The molecule has 2 aromatic carbocycles. The molecule has 0 radical (unpaired) electrons. The van der Waals surface area contributed by atoms with Crippen molar-refractivity contribution in [3.05, 3.63) is 83.7 Å². The highest BCUT2D eigenvalue weighted by Crippen LogP contribution is 2.33. The lowest BCUT2D eigenvalue weighted by atomic mass is 9.99. The minimum absolute atomic E-state index is 0.0596. The molecule has 4 aliphatic rings. The number of methoxy groups -OCH3 is 2. The summed E-state index contributed by atoms with van der Waals surface area (Å²) in [7, 11) is 5.94. The van der Waals surface area contributed by atoms with Gasteiger partial charge in [-0.1, -0.05) is 12.1 Å². The summed E-state index contributed by atoms with van der Waals surface area (Å²) < 4.78 is 54.6. The van der Waals surface area contributed by atoms with Gasteiger partial charge in [0.2, 0.25) is 59.3 Å². The molecule has 12 atom stereocenters. The van der Waals surface area contributed by atoms with Crippen LogP contribution in [-0.4, -0.2) is 295 Å². The molecule has 0 saturated carbocycles. The summed E-state index contributed by atoms with van der Waals surface area (Å²) in [4.78, 5) is 200. The van der Waals surface area contributed by atoms with E-state index in [2.05, 4.69) is 62.6 Å². The number of carbonyl (C=O) groups excluding carboxylic acids is 14. The minimum Gasteiger partial charge on any atom is -0.479 e. The van der Waals surface area contributed by atoms with Crippen LogP contribution in [0, 0.1) is 0 Å². The Morgan fingerprint density at radius 3 is 1.35 bits per heavy atom. The van der Waals surface area contributed by atoms with Crippen molar-refractivity contribution in [2.45, 2.75) is 151 Å². The highest BCUT2D eigenvalue weighted by Gasteiger charge is 2.49. The average Bonchev–Trinajstić information content (AvgIpc) is 1.72. The summed E-state index contributed by atoms with van der Waals surface area (Å²) in [5.74, 6) is -12.1. The molecule has 113 heavy (non-hydrogen) atoms. The zero-order valence-electron chi connectivity index (χ0n) is 63.7. The number of nitrogens with one attached hydrogen (secondary N) is 10. The van der Waals surface area contributed by atoms with E-state index < -0.39 is 170 Å². The lowest BCUT2D eigenvalue weighted by molar-refractivity contribution is -0.271. The maximum Gasteiger partial charge on any atom is 0.371 e. The fourth-order valence-corrected chi connectivity index (χ4v) is 11.0. The van der Waals surface area contributed by atoms with Crippen LogP contribution < -0.4 is 62.6 Å². The fourth-order valence-electron chi connectivity index (χ4n) is 11.0. The Kier molecular flexibility index (Phi) is 37.5. The highest BCUT2D eigenvalue weighted by molar-refractivity contribution is 6.16. The fraction of sp³-hybridized carbons (Fsp3) is 0.514. The van der Waals surface area contributed by atoms with Crippen LogP contribution in [0.5, 0.6) is 11.5 Å². The van der Waals surface area contributed by atoms with E-state index in [9.17, 15) is 112 Å². The zero-order valence-corrected chi connectivity index (χ0v) is 61.7. The number of aliphatic carboxylic acids is 2. The number of aliphatic hydroxyl groups is 5. The molecule has 0 aliphatic carbocycles. The van der Waals surface area contributed by atoms with E-state index in [-0.39, 0.29) is 143 Å². The number of hydrogen-bond acceptors (Lipinski definition) is 31. The Hall–Kier alpha value is -11.4. The number of anilines is 2. The normalized spacial score (nSPS) is 20.2. The monoisotopic (exact) mass is 1600 g/mol. The van der Waals surface area contributed by atoms with Crippen LogP contribution in [0.4, 0.5) is 11.4 Å². The summed E-state index contributed by atoms with van der Waals surface area (Å²) in [6.07, 6.45) is -11.5. The number of nitrogens with zero attached hydrogens (tertiary/aromatic N) is 2. The number of hydrogen-bond donors (Lipinski definition) is 17. The van der Waals surface area contributed by atoms with E-state index in [1.807, 2.05) is 0 Å². The van der Waals surface area contributed by atoms with Gasteiger partial charge in [0.25, 0.3) is 42.8 Å². The smallest absolute Gasteiger partial charge is 0.371 e. The van der Waals surface area contributed by atoms with Gasteiger partial charge in [-0.05, 0) is 94.1 Å². The van der Waals surface area contributed by atoms with Crippen molar-refractivity contribution in [2.75, 3.05) is 91.4 Å². The number of carboxylic acids is 2. The van der Waals surface area contributed by atoms with Gasteiger partial charge in [0.05, 0.1) is 24.6 Å². The third kappa shape index (κ3) is 29.3. The standard InChI is InChI=1S/C35H48N6O16.C35H46N6O15/c1-36-16-22(41-26(45)8-9-27(41)46)33(51)40-20(5-3-4-12-37-24(43)11-14-54-2)32(50)38-13-10-25(44)39-21-15-19(17-55-18-42)6-7-23(21)56-35-30(49)28(47)29(48)31(57-35)34(52)53;1-36-17-23(41-29(46)8-9-30(41)47)33(50)40-21(5-3-4-12-37-27(44)11-14-53-2)32(49)38-13-10-28(45)39-22-15-20(18-54-19-42)6-7-25(22)55-35-31(48)24(43)16-26(56-35)34(51)52/h6-9,15,18,20,22,28-31,35-36,47-49H,3-5,10-14,16-17H2,1-2H3,(H,37,43)(H,38,50)(H,39,44)(H,40,51)(H,52,53);6-9,15-16,19,21,23-24,31,35-36,43,48H,3-5,10-14,17-18H2,1-2H3,(H,37,44)(H,38,49)(H,39,45)(H,40,50)(H,51,52)/t20-,22?,28-,29-,30+,31-,35+;21-,23?,24-,31+,35+/m00/s1/i18D;19D. The van der Waals surface area contributed by atoms with Crippen LogP contribution in [-0.2, 0) is 118 Å². The van der Waals surface area contributed by atoms with Crippen LogP contribution in [0.2, 0.25) is 0 Å². The first-order valence-corrected chi connectivity index (χ1v) is 35.2. The SMILES string of the molecule is [2H]C(=O)OCc1ccc(O[C@@H]2OC(C(=O)O)=C[C@H](O)[C@H]2O)c(NC(=O)CCNC(=O)[C@H](CCCCNC(=O)CCOC)NC(=O)C(CNC)N2C(=O)C=CC2=O)c1.[2H]C(=O)OCc1ccc(O[C@@H]2O[C@H](C(=O)O)[C@@H](O)[C@H](O)[C@H]2O)c(NC(=O)CCNC(=O)[C@H](CCCCNC(=O)CCOC)NC(=O)C(CNC)N2C(=O)C=CC2=O)c1. The van der Waals surface area contributed by atoms with E-state index >= 15 is 0 Å². The Bertz CT molecular complexity index is 3870. The second-order valence-corrected chi connectivity index (χ2v) is 25.1. The lowest BCUT2D eigenvalue weighted by Crippen LogP contribution is -2.61. The Balaban J connectivity index is 0.000000411. The molecule has 1 fully saturated rings. The summed E-state index contributed by atoms with van der Waals surface area (Å²) >= 11 is 0. The van der Waals surface area contributed by atoms with Crippen molar-refractivity contribution in [3.63, 3.8) is 0 Å². The zero-order chi connectivity index (χ0) is 85.0. The molecule has 4 heterocycles. The lowest BCUT2D eigenvalue weighted by Gasteiger charge is -2.38. The van der Waals surface area contributed by atoms with E-state index in [1.54, 1.807) is 0 Å². The van der Waals surface area contributed by atoms with Crippen molar-refractivity contribution in [3.8, 4) is 11.5 Å². The number of benzene rings is 2. The van der Waals surface area contributed by atoms with Gasteiger partial charge < -0.3 is 127 Å². The Morgan fingerprint density at radius 2 is 0.956 bits per heavy atom. The molecule has 43 nitrogen and oxygen atoms in total. The van der Waals surface area contributed by atoms with Crippen LogP contribution >= 0.6 is 0 Å². The molecular weight excluding hydrogens is 1500 g/mol. The number of carbonyl (C=O) groups is 16. The summed E-state index contributed by atoms with van der Waals surface area (Å²) in [6, 6.07) is 2.79. The first-order chi connectivity index (χ1) is 54.7. The molecule has 43 heteroatoms. The van der Waals surface area contributed by atoms with Gasteiger partial charge in [-0.15, -0.1) is 0 Å². The third-order valence-electron chi connectivity index (χ3n) is 16.8. The van der Waals surface area contributed by atoms with Gasteiger partial charge in [0.15, 0.2) is 14.9 Å². The predicted octanol–water partition coefficient (Wildman–Crippen LogP) is -6.05.